The molecule has 6 heteroatoms. The molecule has 0 fully saturated rings. The summed E-state index contributed by atoms with van der Waals surface area (Å²) in [5.74, 6) is -1.52. The number of anilines is 1. The lowest BCUT2D eigenvalue weighted by molar-refractivity contribution is 0.271. The molecular weight excluding hydrogens is 324 g/mol. The van der Waals surface area contributed by atoms with Crippen LogP contribution in [0.25, 0.3) is 0 Å². The van der Waals surface area contributed by atoms with Gasteiger partial charge in [-0.05, 0) is 50.2 Å². The summed E-state index contributed by atoms with van der Waals surface area (Å²) in [5.41, 5.74) is 2.38. The second kappa shape index (κ2) is 6.89. The van der Waals surface area contributed by atoms with E-state index < -0.39 is 11.6 Å². The summed E-state index contributed by atoms with van der Waals surface area (Å²) in [4.78, 5) is 0. The number of nitrogens with zero attached hydrogens (tertiary/aromatic N) is 3. The molecule has 0 aromatic heterocycles. The molecule has 2 unspecified atom stereocenters. The van der Waals surface area contributed by atoms with Crippen LogP contribution in [0.3, 0.4) is 0 Å². The molecule has 0 saturated heterocycles. The van der Waals surface area contributed by atoms with E-state index >= 15 is 0 Å². The molecule has 2 aromatic rings. The molecule has 3 rings (SSSR count). The minimum atomic E-state index is -0.929. The zero-order chi connectivity index (χ0) is 18.0. The lowest BCUT2D eigenvalue weighted by atomic mass is 9.98. The summed E-state index contributed by atoms with van der Waals surface area (Å²) in [6.07, 6.45) is 0. The summed E-state index contributed by atoms with van der Waals surface area (Å²) in [6, 6.07) is 12.8. The van der Waals surface area contributed by atoms with Crippen molar-refractivity contribution >= 4 is 11.4 Å². The van der Waals surface area contributed by atoms with Gasteiger partial charge in [0, 0.05) is 11.8 Å². The molecule has 0 saturated carbocycles. The zero-order valence-electron chi connectivity index (χ0n) is 13.9. The highest BCUT2D eigenvalue weighted by Crippen LogP contribution is 2.29. The van der Waals surface area contributed by atoms with E-state index in [1.807, 2.05) is 31.0 Å². The Morgan fingerprint density at radius 2 is 1.88 bits per heavy atom. The van der Waals surface area contributed by atoms with E-state index in [1.165, 1.54) is 6.07 Å². The van der Waals surface area contributed by atoms with Gasteiger partial charge < -0.3 is 4.74 Å². The third-order valence-corrected chi connectivity index (χ3v) is 4.35. The van der Waals surface area contributed by atoms with Gasteiger partial charge in [0.25, 0.3) is 0 Å². The number of halogens is 2. The van der Waals surface area contributed by atoms with Gasteiger partial charge in [-0.3, -0.25) is 5.01 Å². The maximum atomic E-state index is 13.3. The Hall–Kier alpha value is -2.94. The molecular formula is C19H17F2N3O. The van der Waals surface area contributed by atoms with E-state index in [0.717, 1.165) is 23.5 Å². The molecule has 128 valence electrons. The largest absolute Gasteiger partial charge is 0.493 e. The molecule has 2 atom stereocenters. The molecule has 0 bridgehead atoms. The predicted molar refractivity (Wildman–Crippen MR) is 91.6 cm³/mol. The lowest BCUT2D eigenvalue weighted by Gasteiger charge is -2.24. The van der Waals surface area contributed by atoms with Crippen LogP contribution in [-0.4, -0.2) is 18.4 Å². The Morgan fingerprint density at radius 3 is 2.52 bits per heavy atom. The molecule has 2 aromatic carbocycles. The van der Waals surface area contributed by atoms with Crippen LogP contribution in [0.15, 0.2) is 47.6 Å². The van der Waals surface area contributed by atoms with Crippen LogP contribution in [0, 0.1) is 28.9 Å². The highest BCUT2D eigenvalue weighted by atomic mass is 19.2. The number of ether oxygens (including phenoxy) is 1. The van der Waals surface area contributed by atoms with Gasteiger partial charge in [0.2, 0.25) is 0 Å². The van der Waals surface area contributed by atoms with E-state index in [-0.39, 0.29) is 17.7 Å². The Bertz CT molecular complexity index is 843. The van der Waals surface area contributed by atoms with Gasteiger partial charge in [0.15, 0.2) is 11.6 Å². The smallest absolute Gasteiger partial charge is 0.162 e. The third-order valence-electron chi connectivity index (χ3n) is 4.35. The van der Waals surface area contributed by atoms with Crippen molar-refractivity contribution in [2.75, 3.05) is 11.6 Å². The monoisotopic (exact) mass is 341 g/mol. The van der Waals surface area contributed by atoms with Crippen molar-refractivity contribution in [3.8, 4) is 11.8 Å². The van der Waals surface area contributed by atoms with Gasteiger partial charge in [-0.1, -0.05) is 0 Å². The number of benzene rings is 2. The Kier molecular flexibility index (Phi) is 4.66. The van der Waals surface area contributed by atoms with Crippen LogP contribution in [0.1, 0.15) is 19.4 Å². The molecule has 1 aliphatic rings. The average Bonchev–Trinajstić information content (AvgIpc) is 2.90. The number of hydrazone groups is 1. The highest BCUT2D eigenvalue weighted by Gasteiger charge is 2.33. The molecule has 25 heavy (non-hydrogen) atoms. The van der Waals surface area contributed by atoms with Crippen molar-refractivity contribution in [2.45, 2.75) is 19.9 Å². The van der Waals surface area contributed by atoms with Crippen LogP contribution in [-0.2, 0) is 0 Å². The molecule has 0 aliphatic carbocycles. The first-order valence-corrected chi connectivity index (χ1v) is 7.92. The normalized spacial score (nSPS) is 19.5. The fourth-order valence-corrected chi connectivity index (χ4v) is 2.85. The van der Waals surface area contributed by atoms with Crippen LogP contribution >= 0.6 is 0 Å². The van der Waals surface area contributed by atoms with Gasteiger partial charge in [-0.15, -0.1) is 0 Å². The maximum Gasteiger partial charge on any atom is 0.162 e. The van der Waals surface area contributed by atoms with Gasteiger partial charge in [-0.2, -0.15) is 10.4 Å². The van der Waals surface area contributed by atoms with E-state index in [4.69, 9.17) is 10.00 Å². The van der Waals surface area contributed by atoms with Crippen LogP contribution < -0.4 is 9.75 Å². The minimum absolute atomic E-state index is 0.0174. The molecule has 1 aliphatic heterocycles. The first-order chi connectivity index (χ1) is 12.0. The van der Waals surface area contributed by atoms with Gasteiger partial charge >= 0.3 is 0 Å². The number of hydrogen-bond acceptors (Lipinski definition) is 4. The molecule has 0 spiro atoms. The van der Waals surface area contributed by atoms with E-state index in [0.29, 0.717) is 12.2 Å². The fraction of sp³-hybridized carbons (Fsp3) is 0.263. The molecule has 0 amide bonds. The first kappa shape index (κ1) is 16.9. The highest BCUT2D eigenvalue weighted by molar-refractivity contribution is 5.89. The summed E-state index contributed by atoms with van der Waals surface area (Å²) in [6.45, 7) is 4.26. The minimum Gasteiger partial charge on any atom is -0.493 e. The van der Waals surface area contributed by atoms with E-state index in [2.05, 4.69) is 11.2 Å². The topological polar surface area (TPSA) is 48.6 Å². The molecule has 4 nitrogen and oxygen atoms in total. The van der Waals surface area contributed by atoms with E-state index in [9.17, 15) is 8.78 Å². The van der Waals surface area contributed by atoms with Gasteiger partial charge in [-0.25, -0.2) is 8.78 Å². The fourth-order valence-electron chi connectivity index (χ4n) is 2.85. The SMILES string of the molecule is CC1=NN(c2ccc(C#N)cc2)C(C)C1COc1ccc(F)c(F)c1. The van der Waals surface area contributed by atoms with Gasteiger partial charge in [0.05, 0.1) is 35.9 Å². The summed E-state index contributed by atoms with van der Waals surface area (Å²) in [5, 5.41) is 15.3. The van der Waals surface area contributed by atoms with Crippen molar-refractivity contribution in [2.24, 2.45) is 11.0 Å². The lowest BCUT2D eigenvalue weighted by Crippen LogP contribution is -2.33. The van der Waals surface area contributed by atoms with Crippen molar-refractivity contribution < 1.29 is 13.5 Å². The Balaban J connectivity index is 1.70. The first-order valence-electron chi connectivity index (χ1n) is 7.92. The third kappa shape index (κ3) is 3.45. The molecule has 0 radical (unpaired) electrons. The standard InChI is InChI=1S/C19H17F2N3O/c1-12-17(11-25-16-7-8-18(20)19(21)9-16)13(2)24(23-12)15-5-3-14(10-22)4-6-15/h3-9,13,17H,11H2,1-2H3. The van der Waals surface area contributed by atoms with E-state index in [1.54, 1.807) is 12.1 Å². The number of hydrogen-bond donors (Lipinski definition) is 0. The predicted octanol–water partition coefficient (Wildman–Crippen LogP) is 4.12. The zero-order valence-corrected chi connectivity index (χ0v) is 13.9. The molecule has 0 N–H and O–H groups in total. The van der Waals surface area contributed by atoms with Crippen LogP contribution in [0.4, 0.5) is 14.5 Å². The average molecular weight is 341 g/mol. The summed E-state index contributed by atoms with van der Waals surface area (Å²) >= 11 is 0. The summed E-state index contributed by atoms with van der Waals surface area (Å²) < 4.78 is 31.9. The Morgan fingerprint density at radius 1 is 1.16 bits per heavy atom. The Labute approximate surface area is 144 Å². The van der Waals surface area contributed by atoms with Crippen molar-refractivity contribution in [3.63, 3.8) is 0 Å². The number of nitriles is 1. The van der Waals surface area contributed by atoms with Crippen molar-refractivity contribution in [1.82, 2.24) is 0 Å². The quantitative estimate of drug-likeness (QED) is 0.841. The van der Waals surface area contributed by atoms with Crippen molar-refractivity contribution in [3.05, 3.63) is 59.7 Å². The number of rotatable bonds is 4. The molecule has 1 heterocycles. The van der Waals surface area contributed by atoms with Crippen LogP contribution in [0.2, 0.25) is 0 Å². The second-order valence-electron chi connectivity index (χ2n) is 5.98. The van der Waals surface area contributed by atoms with Crippen LogP contribution in [0.5, 0.6) is 5.75 Å². The maximum absolute atomic E-state index is 13.3. The van der Waals surface area contributed by atoms with Gasteiger partial charge in [0.1, 0.15) is 5.75 Å². The second-order valence-corrected chi connectivity index (χ2v) is 5.98. The summed E-state index contributed by atoms with van der Waals surface area (Å²) in [7, 11) is 0. The van der Waals surface area contributed by atoms with Crippen molar-refractivity contribution in [1.29, 1.82) is 5.26 Å².